The second kappa shape index (κ2) is 10.2. The number of non-ortho nitro benzene ring substituents is 1. The molecule has 4 rings (SSSR count). The minimum Gasteiger partial charge on any atom is -0.439 e. The summed E-state index contributed by atoms with van der Waals surface area (Å²) >= 11 is 0. The molecule has 0 spiro atoms. The Bertz CT molecular complexity index is 1000. The third kappa shape index (κ3) is 5.87. The summed E-state index contributed by atoms with van der Waals surface area (Å²) in [5, 5.41) is 10.9. The number of ether oxygens (including phenoxy) is 1. The summed E-state index contributed by atoms with van der Waals surface area (Å²) in [7, 11) is 0. The fraction of sp³-hybridized carbons (Fsp3) is 0.360. The predicted octanol–water partition coefficient (Wildman–Crippen LogP) is 6.40. The van der Waals surface area contributed by atoms with Gasteiger partial charge in [-0.15, -0.1) is 0 Å². The Morgan fingerprint density at radius 1 is 0.935 bits per heavy atom. The SMILES string of the molecule is O=[N+]([O-])c1ccc(Oc2cc(CCCc3ccccc3)nc(C3CCCCC3)n2)cc1. The van der Waals surface area contributed by atoms with Crippen LogP contribution in [0.5, 0.6) is 11.6 Å². The zero-order valence-electron chi connectivity index (χ0n) is 17.6. The van der Waals surface area contributed by atoms with Gasteiger partial charge in [0.25, 0.3) is 5.69 Å². The van der Waals surface area contributed by atoms with E-state index < -0.39 is 4.92 Å². The van der Waals surface area contributed by atoms with Gasteiger partial charge in [0, 0.05) is 29.8 Å². The first-order valence-corrected chi connectivity index (χ1v) is 11.0. The summed E-state index contributed by atoms with van der Waals surface area (Å²) in [6.07, 6.45) is 8.79. The molecular formula is C25H27N3O3. The van der Waals surface area contributed by atoms with Gasteiger partial charge in [0.1, 0.15) is 11.6 Å². The van der Waals surface area contributed by atoms with E-state index in [1.165, 1.54) is 37.0 Å². The molecule has 1 heterocycles. The molecule has 6 nitrogen and oxygen atoms in total. The van der Waals surface area contributed by atoms with Gasteiger partial charge in [-0.25, -0.2) is 4.98 Å². The Labute approximate surface area is 182 Å². The highest BCUT2D eigenvalue weighted by Gasteiger charge is 2.20. The van der Waals surface area contributed by atoms with Gasteiger partial charge < -0.3 is 4.74 Å². The fourth-order valence-electron chi connectivity index (χ4n) is 4.09. The summed E-state index contributed by atoms with van der Waals surface area (Å²) in [5.41, 5.74) is 2.36. The number of aromatic nitrogens is 2. The van der Waals surface area contributed by atoms with E-state index in [0.29, 0.717) is 17.5 Å². The van der Waals surface area contributed by atoms with E-state index >= 15 is 0 Å². The fourth-order valence-corrected chi connectivity index (χ4v) is 4.09. The molecule has 0 radical (unpaired) electrons. The van der Waals surface area contributed by atoms with Crippen molar-refractivity contribution in [2.45, 2.75) is 57.3 Å². The molecule has 0 N–H and O–H groups in total. The highest BCUT2D eigenvalue weighted by molar-refractivity contribution is 5.37. The van der Waals surface area contributed by atoms with Crippen LogP contribution in [0.25, 0.3) is 0 Å². The van der Waals surface area contributed by atoms with Crippen LogP contribution in [0.4, 0.5) is 5.69 Å². The summed E-state index contributed by atoms with van der Waals surface area (Å²) in [6.45, 7) is 0. The molecule has 1 aliphatic rings. The van der Waals surface area contributed by atoms with Gasteiger partial charge >= 0.3 is 0 Å². The normalized spacial score (nSPS) is 14.3. The quantitative estimate of drug-likeness (QED) is 0.313. The van der Waals surface area contributed by atoms with Gasteiger partial charge in [0.05, 0.1) is 4.92 Å². The zero-order chi connectivity index (χ0) is 21.5. The second-order valence-electron chi connectivity index (χ2n) is 8.08. The number of benzene rings is 2. The van der Waals surface area contributed by atoms with E-state index in [9.17, 15) is 10.1 Å². The van der Waals surface area contributed by atoms with Gasteiger partial charge in [0.15, 0.2) is 0 Å². The van der Waals surface area contributed by atoms with E-state index in [4.69, 9.17) is 14.7 Å². The average molecular weight is 418 g/mol. The smallest absolute Gasteiger partial charge is 0.269 e. The molecule has 0 atom stereocenters. The number of nitro groups is 1. The summed E-state index contributed by atoms with van der Waals surface area (Å²) in [4.78, 5) is 20.1. The highest BCUT2D eigenvalue weighted by Crippen LogP contribution is 2.32. The molecule has 1 aromatic heterocycles. The van der Waals surface area contributed by atoms with Crippen LogP contribution in [0.15, 0.2) is 60.7 Å². The Balaban J connectivity index is 1.51. The maximum Gasteiger partial charge on any atom is 0.269 e. The van der Waals surface area contributed by atoms with Crippen LogP contribution in [0.3, 0.4) is 0 Å². The number of rotatable bonds is 8. The molecule has 0 bridgehead atoms. The molecule has 1 aliphatic carbocycles. The van der Waals surface area contributed by atoms with Crippen molar-refractivity contribution in [2.75, 3.05) is 0 Å². The van der Waals surface area contributed by atoms with Crippen molar-refractivity contribution in [2.24, 2.45) is 0 Å². The predicted molar refractivity (Wildman–Crippen MR) is 119 cm³/mol. The van der Waals surface area contributed by atoms with Crippen LogP contribution >= 0.6 is 0 Å². The maximum absolute atomic E-state index is 10.9. The van der Waals surface area contributed by atoms with E-state index in [1.807, 2.05) is 12.1 Å². The Kier molecular flexibility index (Phi) is 6.87. The lowest BCUT2D eigenvalue weighted by Crippen LogP contribution is -2.11. The first-order chi connectivity index (χ1) is 15.2. The lowest BCUT2D eigenvalue weighted by atomic mass is 9.88. The summed E-state index contributed by atoms with van der Waals surface area (Å²) in [6, 6.07) is 18.5. The average Bonchev–Trinajstić information content (AvgIpc) is 2.81. The Morgan fingerprint density at radius 2 is 1.68 bits per heavy atom. The standard InChI is InChI=1S/C25H27N3O3/c29-28(30)22-14-16-23(17-15-22)31-24-18-21(13-7-10-19-8-3-1-4-9-19)26-25(27-24)20-11-5-2-6-12-20/h1,3-4,8-9,14-18,20H,2,5-7,10-13H2. The molecule has 0 unspecified atom stereocenters. The first-order valence-electron chi connectivity index (χ1n) is 11.0. The van der Waals surface area contributed by atoms with E-state index in [2.05, 4.69) is 24.3 Å². The lowest BCUT2D eigenvalue weighted by molar-refractivity contribution is -0.384. The largest absolute Gasteiger partial charge is 0.439 e. The van der Waals surface area contributed by atoms with E-state index in [-0.39, 0.29) is 5.69 Å². The molecular weight excluding hydrogens is 390 g/mol. The minimum absolute atomic E-state index is 0.0412. The van der Waals surface area contributed by atoms with Crippen LogP contribution in [-0.2, 0) is 12.8 Å². The van der Waals surface area contributed by atoms with Crippen molar-refractivity contribution >= 4 is 5.69 Å². The van der Waals surface area contributed by atoms with Crippen molar-refractivity contribution in [3.63, 3.8) is 0 Å². The maximum atomic E-state index is 10.9. The van der Waals surface area contributed by atoms with Crippen LogP contribution in [0.2, 0.25) is 0 Å². The van der Waals surface area contributed by atoms with Gasteiger partial charge in [-0.3, -0.25) is 10.1 Å². The van der Waals surface area contributed by atoms with Crippen molar-refractivity contribution in [1.29, 1.82) is 0 Å². The molecule has 160 valence electrons. The topological polar surface area (TPSA) is 78.2 Å². The first kappa shape index (κ1) is 21.0. The van der Waals surface area contributed by atoms with Gasteiger partial charge in [-0.1, -0.05) is 49.6 Å². The third-order valence-corrected chi connectivity index (χ3v) is 5.75. The molecule has 0 aliphatic heterocycles. The van der Waals surface area contributed by atoms with Crippen molar-refractivity contribution in [1.82, 2.24) is 9.97 Å². The lowest BCUT2D eigenvalue weighted by Gasteiger charge is -2.21. The molecule has 6 heteroatoms. The van der Waals surface area contributed by atoms with E-state index in [0.717, 1.165) is 43.6 Å². The Hall–Kier alpha value is -3.28. The molecule has 31 heavy (non-hydrogen) atoms. The minimum atomic E-state index is -0.416. The van der Waals surface area contributed by atoms with Gasteiger partial charge in [-0.05, 0) is 49.8 Å². The number of hydrogen-bond donors (Lipinski definition) is 0. The highest BCUT2D eigenvalue weighted by atomic mass is 16.6. The number of nitrogens with zero attached hydrogens (tertiary/aromatic N) is 3. The summed E-state index contributed by atoms with van der Waals surface area (Å²) in [5.74, 6) is 2.30. The van der Waals surface area contributed by atoms with Crippen LogP contribution < -0.4 is 4.74 Å². The molecule has 0 saturated heterocycles. The number of aryl methyl sites for hydroxylation is 2. The van der Waals surface area contributed by atoms with E-state index in [1.54, 1.807) is 12.1 Å². The molecule has 2 aromatic carbocycles. The number of hydrogen-bond acceptors (Lipinski definition) is 5. The third-order valence-electron chi connectivity index (χ3n) is 5.75. The van der Waals surface area contributed by atoms with Gasteiger partial charge in [-0.2, -0.15) is 4.98 Å². The monoisotopic (exact) mass is 417 g/mol. The zero-order valence-corrected chi connectivity index (χ0v) is 17.6. The molecule has 3 aromatic rings. The van der Waals surface area contributed by atoms with Gasteiger partial charge in [0.2, 0.25) is 5.88 Å². The molecule has 0 amide bonds. The van der Waals surface area contributed by atoms with Crippen molar-refractivity contribution in [3.8, 4) is 11.6 Å². The second-order valence-corrected chi connectivity index (χ2v) is 8.08. The van der Waals surface area contributed by atoms with Crippen molar-refractivity contribution in [3.05, 3.63) is 87.9 Å². The van der Waals surface area contributed by atoms with Crippen LogP contribution in [0.1, 0.15) is 61.5 Å². The summed E-state index contributed by atoms with van der Waals surface area (Å²) < 4.78 is 5.98. The molecule has 1 saturated carbocycles. The number of nitro benzene ring substituents is 1. The Morgan fingerprint density at radius 3 is 2.39 bits per heavy atom. The molecule has 1 fully saturated rings. The van der Waals surface area contributed by atoms with Crippen LogP contribution in [-0.4, -0.2) is 14.9 Å². The van der Waals surface area contributed by atoms with Crippen molar-refractivity contribution < 1.29 is 9.66 Å². The van der Waals surface area contributed by atoms with Crippen LogP contribution in [0, 0.1) is 10.1 Å².